The van der Waals surface area contributed by atoms with Gasteiger partial charge >= 0.3 is 0 Å². The molecule has 0 radical (unpaired) electrons. The lowest BCUT2D eigenvalue weighted by Gasteiger charge is -2.28. The molecule has 0 aromatic heterocycles. The number of ether oxygens (including phenoxy) is 1. The second-order valence-electron chi connectivity index (χ2n) is 7.41. The molecule has 0 unspecified atom stereocenters. The molecule has 0 saturated carbocycles. The molecule has 166 valence electrons. The number of benzene rings is 3. The number of amides is 1. The van der Waals surface area contributed by atoms with E-state index in [4.69, 9.17) is 4.74 Å². The van der Waals surface area contributed by atoms with E-state index in [1.807, 2.05) is 19.1 Å². The van der Waals surface area contributed by atoms with Crippen LogP contribution in [0.25, 0.3) is 0 Å². The molecule has 0 bridgehead atoms. The fourth-order valence-corrected chi connectivity index (χ4v) is 5.12. The number of halogens is 1. The molecule has 1 aliphatic heterocycles. The molecule has 32 heavy (non-hydrogen) atoms. The van der Waals surface area contributed by atoms with E-state index in [-0.39, 0.29) is 17.3 Å². The number of hydrogen-bond donors (Lipinski definition) is 1. The molecule has 1 heterocycles. The summed E-state index contributed by atoms with van der Waals surface area (Å²) in [5, 5.41) is 2.87. The molecule has 3 aromatic rings. The molecule has 0 spiro atoms. The normalized spacial score (nSPS) is 13.9. The fourth-order valence-electron chi connectivity index (χ4n) is 3.70. The second kappa shape index (κ2) is 9.10. The number of carbonyl (C=O) groups excluding carboxylic acids is 1. The van der Waals surface area contributed by atoms with Gasteiger partial charge in [0.1, 0.15) is 11.6 Å². The third kappa shape index (κ3) is 4.51. The van der Waals surface area contributed by atoms with E-state index in [0.717, 1.165) is 23.3 Å². The quantitative estimate of drug-likeness (QED) is 0.605. The van der Waals surface area contributed by atoms with E-state index in [9.17, 15) is 17.6 Å². The van der Waals surface area contributed by atoms with Crippen LogP contribution in [0.15, 0.2) is 71.6 Å². The van der Waals surface area contributed by atoms with Crippen molar-refractivity contribution in [1.82, 2.24) is 4.31 Å². The van der Waals surface area contributed by atoms with E-state index < -0.39 is 15.8 Å². The molecule has 0 aliphatic carbocycles. The van der Waals surface area contributed by atoms with Gasteiger partial charge in [-0.05, 0) is 73.0 Å². The van der Waals surface area contributed by atoms with Crippen LogP contribution in [0.5, 0.6) is 5.75 Å². The minimum absolute atomic E-state index is 0.0549. The Hall–Kier alpha value is -3.23. The highest BCUT2D eigenvalue weighted by Gasteiger charge is 2.28. The minimum Gasteiger partial charge on any atom is -0.493 e. The van der Waals surface area contributed by atoms with Gasteiger partial charge in [-0.3, -0.25) is 4.79 Å². The predicted octanol–water partition coefficient (Wildman–Crippen LogP) is 4.22. The number of nitrogens with one attached hydrogen (secondary N) is 1. The van der Waals surface area contributed by atoms with Crippen LogP contribution < -0.4 is 10.1 Å². The topological polar surface area (TPSA) is 75.7 Å². The lowest BCUT2D eigenvalue weighted by molar-refractivity contribution is 0.102. The van der Waals surface area contributed by atoms with Crippen LogP contribution in [-0.4, -0.2) is 31.8 Å². The Balaban J connectivity index is 1.54. The summed E-state index contributed by atoms with van der Waals surface area (Å²) in [5.74, 6) is -0.290. The van der Waals surface area contributed by atoms with Gasteiger partial charge in [-0.2, -0.15) is 4.31 Å². The van der Waals surface area contributed by atoms with Crippen LogP contribution in [-0.2, 0) is 23.0 Å². The molecule has 1 N–H and O–H groups in total. The summed E-state index contributed by atoms with van der Waals surface area (Å²) in [6, 6.07) is 17.3. The molecule has 6 nitrogen and oxygen atoms in total. The van der Waals surface area contributed by atoms with Gasteiger partial charge in [-0.25, -0.2) is 12.8 Å². The van der Waals surface area contributed by atoms with Crippen molar-refractivity contribution in [3.05, 3.63) is 89.2 Å². The summed E-state index contributed by atoms with van der Waals surface area (Å²) in [6.45, 7) is 2.81. The van der Waals surface area contributed by atoms with Crippen molar-refractivity contribution in [3.8, 4) is 5.75 Å². The van der Waals surface area contributed by atoms with Gasteiger partial charge in [-0.15, -0.1) is 0 Å². The van der Waals surface area contributed by atoms with Crippen LogP contribution >= 0.6 is 0 Å². The average Bonchev–Trinajstić information content (AvgIpc) is 2.79. The first-order valence-electron chi connectivity index (χ1n) is 10.3. The van der Waals surface area contributed by atoms with Gasteiger partial charge in [0.05, 0.1) is 17.1 Å². The van der Waals surface area contributed by atoms with Gasteiger partial charge in [0.25, 0.3) is 5.91 Å². The van der Waals surface area contributed by atoms with Gasteiger partial charge in [0.2, 0.25) is 10.0 Å². The van der Waals surface area contributed by atoms with Crippen LogP contribution in [0.4, 0.5) is 10.1 Å². The maximum Gasteiger partial charge on any atom is 0.259 e. The number of para-hydroxylation sites is 1. The Labute approximate surface area is 186 Å². The summed E-state index contributed by atoms with van der Waals surface area (Å²) >= 11 is 0. The summed E-state index contributed by atoms with van der Waals surface area (Å²) in [5.41, 5.74) is 2.84. The first-order valence-corrected chi connectivity index (χ1v) is 11.7. The first kappa shape index (κ1) is 22.0. The number of fused-ring (bicyclic) bond motifs is 1. The number of nitrogens with zero attached hydrogens (tertiary/aromatic N) is 1. The Morgan fingerprint density at radius 2 is 1.81 bits per heavy atom. The lowest BCUT2D eigenvalue weighted by Crippen LogP contribution is -2.36. The van der Waals surface area contributed by atoms with Crippen molar-refractivity contribution in [3.63, 3.8) is 0 Å². The fraction of sp³-hybridized carbons (Fsp3) is 0.208. The van der Waals surface area contributed by atoms with Gasteiger partial charge in [0.15, 0.2) is 0 Å². The summed E-state index contributed by atoms with van der Waals surface area (Å²) in [7, 11) is -3.75. The summed E-state index contributed by atoms with van der Waals surface area (Å²) in [4.78, 5) is 12.8. The maximum atomic E-state index is 13.2. The monoisotopic (exact) mass is 454 g/mol. The van der Waals surface area contributed by atoms with Crippen LogP contribution in [0, 0.1) is 5.82 Å². The van der Waals surface area contributed by atoms with Crippen molar-refractivity contribution >= 4 is 21.6 Å². The zero-order chi connectivity index (χ0) is 22.7. The van der Waals surface area contributed by atoms with Gasteiger partial charge < -0.3 is 10.1 Å². The van der Waals surface area contributed by atoms with E-state index in [1.165, 1.54) is 16.4 Å². The highest BCUT2D eigenvalue weighted by Crippen LogP contribution is 2.28. The Bertz CT molecular complexity index is 1240. The number of anilines is 1. The highest BCUT2D eigenvalue weighted by molar-refractivity contribution is 7.89. The van der Waals surface area contributed by atoms with E-state index >= 15 is 0 Å². The SMILES string of the molecule is CCOc1ccccc1C(=O)Nc1ccc2c(c1)CN(S(=O)(=O)c1ccc(F)cc1)CC2. The molecule has 4 rings (SSSR count). The molecule has 0 fully saturated rings. The van der Waals surface area contributed by atoms with Crippen molar-refractivity contribution in [2.75, 3.05) is 18.5 Å². The Kier molecular flexibility index (Phi) is 6.25. The average molecular weight is 455 g/mol. The van der Waals surface area contributed by atoms with Crippen LogP contribution in [0.1, 0.15) is 28.4 Å². The molecule has 8 heteroatoms. The number of rotatable bonds is 6. The zero-order valence-electron chi connectivity index (χ0n) is 17.5. The standard InChI is InChI=1S/C24H23FN2O4S/c1-2-31-23-6-4-3-5-22(23)24(28)26-20-10-7-17-13-14-27(16-18(17)15-20)32(29,30)21-11-8-19(25)9-12-21/h3-12,15H,2,13-14,16H2,1H3,(H,26,28). The molecule has 3 aromatic carbocycles. The van der Waals surface area contributed by atoms with Crippen LogP contribution in [0.2, 0.25) is 0 Å². The van der Waals surface area contributed by atoms with Crippen molar-refractivity contribution in [1.29, 1.82) is 0 Å². The lowest BCUT2D eigenvalue weighted by atomic mass is 10.0. The number of hydrogen-bond acceptors (Lipinski definition) is 4. The minimum atomic E-state index is -3.75. The van der Waals surface area contributed by atoms with E-state index in [0.29, 0.717) is 36.6 Å². The second-order valence-corrected chi connectivity index (χ2v) is 9.35. The molecular weight excluding hydrogens is 431 g/mol. The largest absolute Gasteiger partial charge is 0.493 e. The highest BCUT2D eigenvalue weighted by atomic mass is 32.2. The van der Waals surface area contributed by atoms with E-state index in [2.05, 4.69) is 5.32 Å². The van der Waals surface area contributed by atoms with Crippen LogP contribution in [0.3, 0.4) is 0 Å². The third-order valence-corrected chi connectivity index (χ3v) is 7.18. The number of sulfonamides is 1. The smallest absolute Gasteiger partial charge is 0.259 e. The van der Waals surface area contributed by atoms with Crippen molar-refractivity contribution in [2.45, 2.75) is 24.8 Å². The zero-order valence-corrected chi connectivity index (χ0v) is 18.4. The first-order chi connectivity index (χ1) is 15.4. The number of carbonyl (C=O) groups is 1. The predicted molar refractivity (Wildman–Crippen MR) is 120 cm³/mol. The van der Waals surface area contributed by atoms with E-state index in [1.54, 1.807) is 30.3 Å². The summed E-state index contributed by atoms with van der Waals surface area (Å²) in [6.07, 6.45) is 0.553. The summed E-state index contributed by atoms with van der Waals surface area (Å²) < 4.78 is 46.1. The van der Waals surface area contributed by atoms with Gasteiger partial charge in [0, 0.05) is 18.8 Å². The van der Waals surface area contributed by atoms with Crippen molar-refractivity contribution in [2.24, 2.45) is 0 Å². The molecule has 1 aliphatic rings. The van der Waals surface area contributed by atoms with Gasteiger partial charge in [-0.1, -0.05) is 18.2 Å². The molecular formula is C24H23FN2O4S. The molecule has 1 amide bonds. The third-order valence-electron chi connectivity index (χ3n) is 5.32. The Morgan fingerprint density at radius 3 is 2.56 bits per heavy atom. The Morgan fingerprint density at radius 1 is 1.06 bits per heavy atom. The molecule has 0 atom stereocenters. The molecule has 0 saturated heterocycles. The van der Waals surface area contributed by atoms with Crippen molar-refractivity contribution < 1.29 is 22.3 Å². The maximum absolute atomic E-state index is 13.2.